The van der Waals surface area contributed by atoms with E-state index in [1.807, 2.05) is 0 Å². The van der Waals surface area contributed by atoms with Gasteiger partial charge in [-0.2, -0.15) is 4.79 Å². The highest BCUT2D eigenvalue weighted by atomic mass is 14.9. The Morgan fingerprint density at radius 1 is 0.864 bits per heavy atom. The van der Waals surface area contributed by atoms with Crippen molar-refractivity contribution in [2.45, 2.75) is 6.42 Å². The lowest BCUT2D eigenvalue weighted by atomic mass is 9.92. The Labute approximate surface area is 127 Å². The Bertz CT molecular complexity index is 1150. The van der Waals surface area contributed by atoms with Crippen LogP contribution in [0.5, 0.6) is 0 Å². The largest absolute Gasteiger partial charge is 0.361 e. The average molecular weight is 280 g/mol. The molecule has 22 heavy (non-hydrogen) atoms. The third kappa shape index (κ3) is 1.30. The molecular weight excluding hydrogens is 268 g/mol. The molecule has 0 fully saturated rings. The predicted octanol–water partition coefficient (Wildman–Crippen LogP) is 2.87. The molecule has 0 bridgehead atoms. The van der Waals surface area contributed by atoms with Crippen LogP contribution in [-0.4, -0.2) is 10.5 Å². The molecule has 0 saturated carbocycles. The van der Waals surface area contributed by atoms with Crippen LogP contribution in [0.25, 0.3) is 39.1 Å². The standard InChI is InChI=1S/C20H12N2/c21-22-17-11-9-13-5-3-7-15-16-10-8-12-4-1-2-6-14(12)19(16)20(17)18(13)15/h1-10H,11H2. The van der Waals surface area contributed by atoms with E-state index in [4.69, 9.17) is 0 Å². The molecule has 0 atom stereocenters. The van der Waals surface area contributed by atoms with Crippen LogP contribution in [-0.2, 0) is 0 Å². The summed E-state index contributed by atoms with van der Waals surface area (Å²) < 4.78 is 0. The maximum atomic E-state index is 9.49. The first-order chi connectivity index (χ1) is 10.9. The first kappa shape index (κ1) is 11.7. The first-order valence-electron chi connectivity index (χ1n) is 7.46. The SMILES string of the molecule is [N-]=[N+]=C1CC=c2cccc3c2=C1c1c-3ccc2ccccc12. The fourth-order valence-electron chi connectivity index (χ4n) is 3.82. The van der Waals surface area contributed by atoms with Gasteiger partial charge in [-0.3, -0.25) is 0 Å². The van der Waals surface area contributed by atoms with Gasteiger partial charge >= 0.3 is 5.71 Å². The molecule has 2 nitrogen and oxygen atoms in total. The smallest absolute Gasteiger partial charge is 0.304 e. The van der Waals surface area contributed by atoms with Gasteiger partial charge in [0.15, 0.2) is 0 Å². The molecule has 0 radical (unpaired) electrons. The second-order valence-corrected chi connectivity index (χ2v) is 5.81. The Hall–Kier alpha value is -2.96. The summed E-state index contributed by atoms with van der Waals surface area (Å²) in [5, 5.41) is 4.89. The summed E-state index contributed by atoms with van der Waals surface area (Å²) >= 11 is 0. The zero-order valence-electron chi connectivity index (χ0n) is 11.9. The second-order valence-electron chi connectivity index (χ2n) is 5.81. The van der Waals surface area contributed by atoms with Gasteiger partial charge in [-0.05, 0) is 27.1 Å². The lowest BCUT2D eigenvalue weighted by Crippen LogP contribution is -2.32. The molecule has 0 unspecified atom stereocenters. The van der Waals surface area contributed by atoms with E-state index in [1.165, 1.54) is 37.9 Å². The molecule has 3 aromatic rings. The fourth-order valence-corrected chi connectivity index (χ4v) is 3.82. The van der Waals surface area contributed by atoms with Crippen molar-refractivity contribution in [1.29, 1.82) is 0 Å². The van der Waals surface area contributed by atoms with E-state index >= 15 is 0 Å². The maximum absolute atomic E-state index is 9.49. The predicted molar refractivity (Wildman–Crippen MR) is 88.9 cm³/mol. The third-order valence-electron chi connectivity index (χ3n) is 4.74. The normalized spacial score (nSPS) is 14.4. The van der Waals surface area contributed by atoms with Gasteiger partial charge < -0.3 is 5.53 Å². The Morgan fingerprint density at radius 2 is 1.77 bits per heavy atom. The Kier molecular flexibility index (Phi) is 2.14. The van der Waals surface area contributed by atoms with E-state index in [-0.39, 0.29) is 0 Å². The van der Waals surface area contributed by atoms with Crippen LogP contribution in [0.1, 0.15) is 12.0 Å². The van der Waals surface area contributed by atoms with E-state index in [1.54, 1.807) is 0 Å². The quantitative estimate of drug-likeness (QED) is 0.448. The number of nitrogens with zero attached hydrogens (tertiary/aromatic N) is 2. The monoisotopic (exact) mass is 280 g/mol. The first-order valence-corrected chi connectivity index (χ1v) is 7.46. The minimum atomic E-state index is 0.672. The lowest BCUT2D eigenvalue weighted by molar-refractivity contribution is -0.00420. The number of benzene rings is 3. The number of hydrogen-bond acceptors (Lipinski definition) is 0. The molecule has 2 heteroatoms. The second kappa shape index (κ2) is 4.03. The van der Waals surface area contributed by atoms with Crippen LogP contribution in [0.4, 0.5) is 0 Å². The summed E-state index contributed by atoms with van der Waals surface area (Å²) in [6.07, 6.45) is 2.82. The lowest BCUT2D eigenvalue weighted by Gasteiger charge is -2.08. The van der Waals surface area contributed by atoms with Gasteiger partial charge in [0, 0.05) is 10.8 Å². The van der Waals surface area contributed by atoms with Crippen LogP contribution in [0.3, 0.4) is 0 Å². The molecule has 0 amide bonds. The van der Waals surface area contributed by atoms with Crippen LogP contribution < -0.4 is 10.4 Å². The average Bonchev–Trinajstić information content (AvgIpc) is 2.93. The summed E-state index contributed by atoms with van der Waals surface area (Å²) in [5.41, 5.74) is 15.0. The van der Waals surface area contributed by atoms with Crippen molar-refractivity contribution in [1.82, 2.24) is 0 Å². The van der Waals surface area contributed by atoms with Crippen molar-refractivity contribution in [2.24, 2.45) is 0 Å². The molecule has 2 aliphatic carbocycles. The summed E-state index contributed by atoms with van der Waals surface area (Å²) in [4.78, 5) is 3.59. The van der Waals surface area contributed by atoms with Crippen molar-refractivity contribution in [3.05, 3.63) is 76.1 Å². The zero-order valence-corrected chi connectivity index (χ0v) is 11.9. The van der Waals surface area contributed by atoms with Gasteiger partial charge in [0.25, 0.3) is 0 Å². The van der Waals surface area contributed by atoms with Crippen molar-refractivity contribution in [3.8, 4) is 11.1 Å². The van der Waals surface area contributed by atoms with Crippen LogP contribution in [0, 0.1) is 0 Å². The molecule has 0 heterocycles. The van der Waals surface area contributed by atoms with Crippen molar-refractivity contribution >= 4 is 28.1 Å². The fraction of sp³-hybridized carbons (Fsp3) is 0.0500. The minimum absolute atomic E-state index is 0.672. The third-order valence-corrected chi connectivity index (χ3v) is 4.74. The van der Waals surface area contributed by atoms with E-state index < -0.39 is 0 Å². The van der Waals surface area contributed by atoms with Crippen molar-refractivity contribution < 1.29 is 4.79 Å². The van der Waals surface area contributed by atoms with Gasteiger partial charge in [-0.25, -0.2) is 0 Å². The molecule has 102 valence electrons. The van der Waals surface area contributed by atoms with E-state index in [2.05, 4.69) is 65.5 Å². The molecule has 0 aliphatic heterocycles. The Balaban J connectivity index is 2.10. The molecular formula is C20H12N2. The van der Waals surface area contributed by atoms with Crippen molar-refractivity contribution in [2.75, 3.05) is 0 Å². The minimum Gasteiger partial charge on any atom is -0.361 e. The van der Waals surface area contributed by atoms with Gasteiger partial charge in [0.1, 0.15) is 0 Å². The number of rotatable bonds is 0. The molecule has 0 saturated heterocycles. The molecule has 3 aromatic carbocycles. The molecule has 5 rings (SSSR count). The van der Waals surface area contributed by atoms with E-state index in [9.17, 15) is 5.53 Å². The Morgan fingerprint density at radius 3 is 2.68 bits per heavy atom. The van der Waals surface area contributed by atoms with Crippen LogP contribution in [0.15, 0.2) is 54.6 Å². The zero-order chi connectivity index (χ0) is 14.7. The molecule has 2 aliphatic rings. The van der Waals surface area contributed by atoms with Crippen molar-refractivity contribution in [3.63, 3.8) is 0 Å². The molecule has 0 aromatic heterocycles. The van der Waals surface area contributed by atoms with Gasteiger partial charge in [-0.1, -0.05) is 60.7 Å². The van der Waals surface area contributed by atoms with Gasteiger partial charge in [0.05, 0.1) is 12.0 Å². The maximum Gasteiger partial charge on any atom is 0.304 e. The highest BCUT2D eigenvalue weighted by molar-refractivity contribution is 6.29. The highest BCUT2D eigenvalue weighted by Gasteiger charge is 2.31. The molecule has 0 N–H and O–H groups in total. The summed E-state index contributed by atoms with van der Waals surface area (Å²) in [5.74, 6) is 0. The summed E-state index contributed by atoms with van der Waals surface area (Å²) in [6, 6.07) is 19.2. The highest BCUT2D eigenvalue weighted by Crippen LogP contribution is 2.38. The van der Waals surface area contributed by atoms with Crippen LogP contribution in [0.2, 0.25) is 0 Å². The van der Waals surface area contributed by atoms with E-state index in [0.717, 1.165) is 11.3 Å². The molecule has 0 spiro atoms. The van der Waals surface area contributed by atoms with Gasteiger partial charge in [0.2, 0.25) is 0 Å². The summed E-state index contributed by atoms with van der Waals surface area (Å²) in [7, 11) is 0. The van der Waals surface area contributed by atoms with Crippen LogP contribution >= 0.6 is 0 Å². The number of hydrogen-bond donors (Lipinski definition) is 0. The van der Waals surface area contributed by atoms with E-state index in [0.29, 0.717) is 6.42 Å². The number of fused-ring (bicyclic) bond motifs is 5. The topological polar surface area (TPSA) is 36.4 Å². The van der Waals surface area contributed by atoms with Gasteiger partial charge in [-0.15, -0.1) is 0 Å². The summed E-state index contributed by atoms with van der Waals surface area (Å²) in [6.45, 7) is 0.